The van der Waals surface area contributed by atoms with Crippen molar-refractivity contribution >= 4 is 21.8 Å². The number of amides is 1. The summed E-state index contributed by atoms with van der Waals surface area (Å²) >= 11 is 3.41. The van der Waals surface area contributed by atoms with Gasteiger partial charge < -0.3 is 5.73 Å². The van der Waals surface area contributed by atoms with Gasteiger partial charge in [0.2, 0.25) is 5.91 Å². The van der Waals surface area contributed by atoms with Gasteiger partial charge in [-0.25, -0.2) is 0 Å². The number of hydrogen-bond acceptors (Lipinski definition) is 2. The average Bonchev–Trinajstić information content (AvgIpc) is 2.17. The van der Waals surface area contributed by atoms with E-state index < -0.39 is 0 Å². The number of carbonyl (C=O) groups is 1. The van der Waals surface area contributed by atoms with Crippen molar-refractivity contribution in [3.05, 3.63) is 34.3 Å². The van der Waals surface area contributed by atoms with Gasteiger partial charge in [-0.05, 0) is 31.5 Å². The summed E-state index contributed by atoms with van der Waals surface area (Å²) < 4.78 is 1.03. The summed E-state index contributed by atoms with van der Waals surface area (Å²) in [6.45, 7) is 3.76. The summed E-state index contributed by atoms with van der Waals surface area (Å²) in [5.74, 6) is -0.336. The van der Waals surface area contributed by atoms with E-state index in [0.717, 1.165) is 10.0 Å². The first-order valence-electron chi connectivity index (χ1n) is 4.81. The second-order valence-corrected chi connectivity index (χ2v) is 4.48. The molecule has 0 bridgehead atoms. The molecule has 1 rings (SSSR count). The van der Waals surface area contributed by atoms with E-state index in [-0.39, 0.29) is 18.0 Å². The molecule has 2 atom stereocenters. The molecule has 0 saturated heterocycles. The van der Waals surface area contributed by atoms with E-state index in [1.807, 2.05) is 31.2 Å². The molecule has 0 spiro atoms. The average molecular weight is 271 g/mol. The third-order valence-electron chi connectivity index (χ3n) is 2.28. The number of nitrogens with two attached hydrogens (primary N) is 1. The quantitative estimate of drug-likeness (QED) is 0.879. The lowest BCUT2D eigenvalue weighted by Gasteiger charge is -2.18. The fourth-order valence-electron chi connectivity index (χ4n) is 1.33. The Morgan fingerprint density at radius 1 is 1.47 bits per heavy atom. The van der Waals surface area contributed by atoms with Crippen LogP contribution in [0.1, 0.15) is 25.5 Å². The lowest BCUT2D eigenvalue weighted by molar-refractivity contribution is -0.119. The Morgan fingerprint density at radius 3 is 2.67 bits per heavy atom. The monoisotopic (exact) mass is 270 g/mol. The largest absolute Gasteiger partial charge is 0.368 e. The number of nitrogens with one attached hydrogen (secondary N) is 1. The van der Waals surface area contributed by atoms with Gasteiger partial charge in [-0.2, -0.15) is 0 Å². The van der Waals surface area contributed by atoms with Crippen LogP contribution in [0.15, 0.2) is 28.7 Å². The molecule has 3 nitrogen and oxygen atoms in total. The molecule has 4 heteroatoms. The zero-order valence-corrected chi connectivity index (χ0v) is 10.4. The van der Waals surface area contributed by atoms with Crippen molar-refractivity contribution in [2.24, 2.45) is 5.73 Å². The van der Waals surface area contributed by atoms with E-state index >= 15 is 0 Å². The van der Waals surface area contributed by atoms with E-state index in [2.05, 4.69) is 21.2 Å². The maximum atomic E-state index is 10.9. The minimum atomic E-state index is -0.336. The van der Waals surface area contributed by atoms with Crippen LogP contribution in [0.2, 0.25) is 0 Å². The van der Waals surface area contributed by atoms with Gasteiger partial charge in [-0.1, -0.05) is 28.1 Å². The van der Waals surface area contributed by atoms with Crippen LogP contribution >= 0.6 is 15.9 Å². The molecule has 1 unspecified atom stereocenters. The molecule has 15 heavy (non-hydrogen) atoms. The van der Waals surface area contributed by atoms with Crippen molar-refractivity contribution in [1.29, 1.82) is 0 Å². The summed E-state index contributed by atoms with van der Waals surface area (Å²) in [5, 5.41) is 3.13. The molecule has 0 radical (unpaired) electrons. The van der Waals surface area contributed by atoms with Gasteiger partial charge in [0.05, 0.1) is 6.04 Å². The molecule has 0 saturated carbocycles. The highest BCUT2D eigenvalue weighted by atomic mass is 79.9. The van der Waals surface area contributed by atoms with Gasteiger partial charge >= 0.3 is 0 Å². The number of rotatable bonds is 4. The van der Waals surface area contributed by atoms with Crippen LogP contribution in [0.5, 0.6) is 0 Å². The predicted octanol–water partition coefficient (Wildman–Crippen LogP) is 1.97. The summed E-state index contributed by atoms with van der Waals surface area (Å²) in [7, 11) is 0. The highest BCUT2D eigenvalue weighted by Gasteiger charge is 2.13. The van der Waals surface area contributed by atoms with Gasteiger partial charge in [0.1, 0.15) is 0 Å². The molecular formula is C11H15BrN2O. The first-order valence-corrected chi connectivity index (χ1v) is 5.61. The second kappa shape index (κ2) is 5.28. The summed E-state index contributed by atoms with van der Waals surface area (Å²) in [6.07, 6.45) is 0. The molecule has 82 valence electrons. The molecule has 0 aliphatic rings. The second-order valence-electron chi connectivity index (χ2n) is 3.57. The van der Waals surface area contributed by atoms with Crippen LogP contribution in [-0.4, -0.2) is 11.9 Å². The topological polar surface area (TPSA) is 55.1 Å². The Hall–Kier alpha value is -0.870. The Bertz CT molecular complexity index is 354. The van der Waals surface area contributed by atoms with Crippen molar-refractivity contribution in [3.8, 4) is 0 Å². The zero-order valence-electron chi connectivity index (χ0n) is 8.83. The molecule has 1 aromatic carbocycles. The van der Waals surface area contributed by atoms with E-state index in [1.165, 1.54) is 0 Å². The van der Waals surface area contributed by atoms with Crippen LogP contribution in [-0.2, 0) is 4.79 Å². The number of hydrogen-bond donors (Lipinski definition) is 2. The molecule has 3 N–H and O–H groups in total. The summed E-state index contributed by atoms with van der Waals surface area (Å²) in [4.78, 5) is 10.9. The molecular weight excluding hydrogens is 256 g/mol. The number of carbonyl (C=O) groups excluding carboxylic acids is 1. The van der Waals surface area contributed by atoms with Gasteiger partial charge in [-0.3, -0.25) is 10.1 Å². The predicted molar refractivity (Wildman–Crippen MR) is 64.3 cm³/mol. The van der Waals surface area contributed by atoms with Gasteiger partial charge in [0.15, 0.2) is 0 Å². The standard InChI is InChI=1S/C11H15BrN2O/c1-7(14-8(2)11(13)15)9-4-3-5-10(12)6-9/h3-8,14H,1-2H3,(H2,13,15)/t7-,8?/m1/s1. The molecule has 1 amide bonds. The Balaban J connectivity index is 2.68. The van der Waals surface area contributed by atoms with Crippen molar-refractivity contribution in [2.75, 3.05) is 0 Å². The highest BCUT2D eigenvalue weighted by molar-refractivity contribution is 9.10. The summed E-state index contributed by atoms with van der Waals surface area (Å²) in [5.41, 5.74) is 6.30. The van der Waals surface area contributed by atoms with Crippen molar-refractivity contribution in [1.82, 2.24) is 5.32 Å². The van der Waals surface area contributed by atoms with Gasteiger partial charge in [0.25, 0.3) is 0 Å². The van der Waals surface area contributed by atoms with Crippen LogP contribution < -0.4 is 11.1 Å². The first kappa shape index (κ1) is 12.2. The minimum absolute atomic E-state index is 0.102. The smallest absolute Gasteiger partial charge is 0.234 e. The van der Waals surface area contributed by atoms with E-state index in [4.69, 9.17) is 5.73 Å². The van der Waals surface area contributed by atoms with Crippen LogP contribution in [0.25, 0.3) is 0 Å². The third kappa shape index (κ3) is 3.64. The molecule has 0 heterocycles. The van der Waals surface area contributed by atoms with E-state index in [9.17, 15) is 4.79 Å². The molecule has 0 aliphatic carbocycles. The van der Waals surface area contributed by atoms with Crippen molar-refractivity contribution < 1.29 is 4.79 Å². The van der Waals surface area contributed by atoms with Gasteiger partial charge in [-0.15, -0.1) is 0 Å². The third-order valence-corrected chi connectivity index (χ3v) is 2.77. The first-order chi connectivity index (χ1) is 7.00. The minimum Gasteiger partial charge on any atom is -0.368 e. The molecule has 0 aliphatic heterocycles. The molecule has 0 fully saturated rings. The number of benzene rings is 1. The number of halogens is 1. The van der Waals surface area contributed by atoms with E-state index in [0.29, 0.717) is 0 Å². The highest BCUT2D eigenvalue weighted by Crippen LogP contribution is 2.18. The zero-order chi connectivity index (χ0) is 11.4. The number of primary amides is 1. The molecule has 1 aromatic rings. The SMILES string of the molecule is CC(N[C@H](C)c1cccc(Br)c1)C(N)=O. The Labute approximate surface area is 98.2 Å². The maximum absolute atomic E-state index is 10.9. The van der Waals surface area contributed by atoms with Gasteiger partial charge in [0, 0.05) is 10.5 Å². The fraction of sp³-hybridized carbons (Fsp3) is 0.364. The Morgan fingerprint density at radius 2 is 2.13 bits per heavy atom. The van der Waals surface area contributed by atoms with Crippen LogP contribution in [0, 0.1) is 0 Å². The fourth-order valence-corrected chi connectivity index (χ4v) is 1.75. The van der Waals surface area contributed by atoms with E-state index in [1.54, 1.807) is 6.92 Å². The van der Waals surface area contributed by atoms with Crippen LogP contribution in [0.4, 0.5) is 0 Å². The lowest BCUT2D eigenvalue weighted by Crippen LogP contribution is -2.39. The van der Waals surface area contributed by atoms with Crippen molar-refractivity contribution in [3.63, 3.8) is 0 Å². The Kier molecular flexibility index (Phi) is 4.29. The lowest BCUT2D eigenvalue weighted by atomic mass is 10.1. The van der Waals surface area contributed by atoms with Crippen LogP contribution in [0.3, 0.4) is 0 Å². The maximum Gasteiger partial charge on any atom is 0.234 e. The molecule has 0 aromatic heterocycles. The summed E-state index contributed by atoms with van der Waals surface area (Å²) in [6, 6.07) is 7.74. The normalized spacial score (nSPS) is 14.6. The van der Waals surface area contributed by atoms with Crippen molar-refractivity contribution in [2.45, 2.75) is 25.9 Å².